The van der Waals surface area contributed by atoms with Gasteiger partial charge in [0, 0.05) is 10.2 Å². The molecule has 4 aromatic rings. The number of hydrogen-bond acceptors (Lipinski definition) is 4. The third kappa shape index (κ3) is 7.02. The maximum absolute atomic E-state index is 13.2. The van der Waals surface area contributed by atoms with E-state index in [2.05, 4.69) is 26.0 Å². The summed E-state index contributed by atoms with van der Waals surface area (Å²) in [5.41, 5.74) is 1.36. The van der Waals surface area contributed by atoms with Gasteiger partial charge in [0.2, 0.25) is 15.9 Å². The number of carbonyl (C=O) groups is 1. The maximum atomic E-state index is 13.2. The standard InChI is InChI=1S/C27H23BrN2O4S/c28-21-11-17-25(18-12-21)35(32,33)30-26(19-20-7-3-1-4-8-20)27(31)29-22-13-15-24(16-14-22)34-23-9-5-2-6-10-23/h1-18,26,30H,19H2,(H,29,31)/t26-/m0/s1. The van der Waals surface area contributed by atoms with Crippen LogP contribution in [0.4, 0.5) is 5.69 Å². The highest BCUT2D eigenvalue weighted by molar-refractivity contribution is 9.10. The first-order valence-corrected chi connectivity index (χ1v) is 13.1. The Balaban J connectivity index is 1.50. The van der Waals surface area contributed by atoms with Crippen molar-refractivity contribution in [1.29, 1.82) is 0 Å². The number of para-hydroxylation sites is 1. The number of nitrogens with one attached hydrogen (secondary N) is 2. The molecular weight excluding hydrogens is 528 g/mol. The van der Waals surface area contributed by atoms with Crippen molar-refractivity contribution in [3.05, 3.63) is 119 Å². The lowest BCUT2D eigenvalue weighted by atomic mass is 10.1. The fourth-order valence-corrected chi connectivity index (χ4v) is 4.83. The number of carbonyl (C=O) groups excluding carboxylic acids is 1. The lowest BCUT2D eigenvalue weighted by Gasteiger charge is -2.19. The van der Waals surface area contributed by atoms with Crippen LogP contribution in [0.2, 0.25) is 0 Å². The zero-order chi connectivity index (χ0) is 24.7. The topological polar surface area (TPSA) is 84.5 Å². The first-order chi connectivity index (χ1) is 16.9. The lowest BCUT2D eigenvalue weighted by Crippen LogP contribution is -2.45. The molecule has 0 radical (unpaired) electrons. The predicted molar refractivity (Wildman–Crippen MR) is 140 cm³/mol. The van der Waals surface area contributed by atoms with Crippen LogP contribution in [0.25, 0.3) is 0 Å². The molecule has 0 aromatic heterocycles. The van der Waals surface area contributed by atoms with E-state index in [9.17, 15) is 13.2 Å². The average molecular weight is 551 g/mol. The summed E-state index contributed by atoms with van der Waals surface area (Å²) in [7, 11) is -3.93. The molecule has 0 aliphatic carbocycles. The Morgan fingerprint density at radius 2 is 1.34 bits per heavy atom. The summed E-state index contributed by atoms with van der Waals surface area (Å²) in [5.74, 6) is 0.854. The van der Waals surface area contributed by atoms with Crippen LogP contribution >= 0.6 is 15.9 Å². The number of sulfonamides is 1. The summed E-state index contributed by atoms with van der Waals surface area (Å²) in [6.07, 6.45) is 0.192. The Hall–Kier alpha value is -3.46. The van der Waals surface area contributed by atoms with E-state index in [0.29, 0.717) is 17.2 Å². The fourth-order valence-electron chi connectivity index (χ4n) is 3.37. The van der Waals surface area contributed by atoms with Crippen molar-refractivity contribution in [3.63, 3.8) is 0 Å². The molecule has 0 fully saturated rings. The third-order valence-corrected chi connectivity index (χ3v) is 7.14. The largest absolute Gasteiger partial charge is 0.457 e. The highest BCUT2D eigenvalue weighted by Crippen LogP contribution is 2.23. The number of amides is 1. The monoisotopic (exact) mass is 550 g/mol. The van der Waals surface area contributed by atoms with Crippen molar-refractivity contribution in [2.24, 2.45) is 0 Å². The first kappa shape index (κ1) is 24.7. The Morgan fingerprint density at radius 3 is 1.97 bits per heavy atom. The van der Waals surface area contributed by atoms with Crippen molar-refractivity contribution in [2.45, 2.75) is 17.4 Å². The number of ether oxygens (including phenoxy) is 1. The van der Waals surface area contributed by atoms with E-state index in [1.54, 1.807) is 36.4 Å². The molecule has 6 nitrogen and oxygen atoms in total. The van der Waals surface area contributed by atoms with Crippen LogP contribution in [-0.4, -0.2) is 20.4 Å². The second kappa shape index (κ2) is 11.3. The molecule has 0 spiro atoms. The van der Waals surface area contributed by atoms with Gasteiger partial charge in [0.1, 0.15) is 17.5 Å². The molecule has 4 rings (SSSR count). The predicted octanol–water partition coefficient (Wildman–Crippen LogP) is 5.77. The number of hydrogen-bond donors (Lipinski definition) is 2. The van der Waals surface area contributed by atoms with Crippen LogP contribution < -0.4 is 14.8 Å². The molecule has 0 saturated carbocycles. The van der Waals surface area contributed by atoms with Crippen LogP contribution in [0, 0.1) is 0 Å². The SMILES string of the molecule is O=C(Nc1ccc(Oc2ccccc2)cc1)[C@H](Cc1ccccc1)NS(=O)(=O)c1ccc(Br)cc1. The molecule has 1 amide bonds. The lowest BCUT2D eigenvalue weighted by molar-refractivity contribution is -0.117. The Labute approximate surface area is 213 Å². The summed E-state index contributed by atoms with van der Waals surface area (Å²) < 4.78 is 35.1. The minimum atomic E-state index is -3.93. The maximum Gasteiger partial charge on any atom is 0.242 e. The minimum Gasteiger partial charge on any atom is -0.457 e. The Morgan fingerprint density at radius 1 is 0.771 bits per heavy atom. The van der Waals surface area contributed by atoms with E-state index in [4.69, 9.17) is 4.74 Å². The summed E-state index contributed by atoms with van der Waals surface area (Å²) in [6.45, 7) is 0. The molecule has 35 heavy (non-hydrogen) atoms. The van der Waals surface area contributed by atoms with E-state index >= 15 is 0 Å². The van der Waals surface area contributed by atoms with Gasteiger partial charge in [0.15, 0.2) is 0 Å². The molecule has 0 saturated heterocycles. The van der Waals surface area contributed by atoms with Gasteiger partial charge in [0.25, 0.3) is 0 Å². The van der Waals surface area contributed by atoms with E-state index in [1.807, 2.05) is 60.7 Å². The van der Waals surface area contributed by atoms with Crippen LogP contribution in [0.5, 0.6) is 11.5 Å². The number of benzene rings is 4. The van der Waals surface area contributed by atoms with Gasteiger partial charge >= 0.3 is 0 Å². The van der Waals surface area contributed by atoms with Gasteiger partial charge < -0.3 is 10.1 Å². The quantitative estimate of drug-likeness (QED) is 0.277. The van der Waals surface area contributed by atoms with Crippen LogP contribution in [0.15, 0.2) is 119 Å². The Kier molecular flexibility index (Phi) is 7.97. The molecule has 8 heteroatoms. The number of halogens is 1. The van der Waals surface area contributed by atoms with Gasteiger partial charge in [-0.05, 0) is 72.6 Å². The summed E-state index contributed by atoms with van der Waals surface area (Å²) >= 11 is 3.30. The third-order valence-electron chi connectivity index (χ3n) is 5.12. The van der Waals surface area contributed by atoms with Crippen molar-refractivity contribution in [3.8, 4) is 11.5 Å². The van der Waals surface area contributed by atoms with Crippen LogP contribution in [0.1, 0.15) is 5.56 Å². The minimum absolute atomic E-state index is 0.0778. The van der Waals surface area contributed by atoms with Gasteiger partial charge in [-0.2, -0.15) is 4.72 Å². The van der Waals surface area contributed by atoms with Crippen molar-refractivity contribution < 1.29 is 17.9 Å². The normalized spacial score (nSPS) is 12.0. The molecule has 4 aromatic carbocycles. The zero-order valence-corrected chi connectivity index (χ0v) is 21.0. The van der Waals surface area contributed by atoms with E-state index in [-0.39, 0.29) is 11.3 Å². The van der Waals surface area contributed by atoms with Crippen molar-refractivity contribution in [1.82, 2.24) is 4.72 Å². The summed E-state index contributed by atoms with van der Waals surface area (Å²) in [4.78, 5) is 13.3. The average Bonchev–Trinajstić information content (AvgIpc) is 2.86. The molecule has 0 bridgehead atoms. The highest BCUT2D eigenvalue weighted by atomic mass is 79.9. The second-order valence-corrected chi connectivity index (χ2v) is 10.4. The molecule has 0 heterocycles. The van der Waals surface area contributed by atoms with Gasteiger partial charge in [0.05, 0.1) is 4.90 Å². The number of anilines is 1. The fraction of sp³-hybridized carbons (Fsp3) is 0.0741. The van der Waals surface area contributed by atoms with Gasteiger partial charge in [-0.3, -0.25) is 4.79 Å². The van der Waals surface area contributed by atoms with E-state index in [0.717, 1.165) is 10.0 Å². The molecule has 0 aliphatic rings. The summed E-state index contributed by atoms with van der Waals surface area (Å²) in [6, 6.07) is 30.7. The molecular formula is C27H23BrN2O4S. The van der Waals surface area contributed by atoms with Crippen molar-refractivity contribution >= 4 is 37.5 Å². The van der Waals surface area contributed by atoms with E-state index < -0.39 is 22.0 Å². The molecule has 2 N–H and O–H groups in total. The van der Waals surface area contributed by atoms with Crippen molar-refractivity contribution in [2.75, 3.05) is 5.32 Å². The van der Waals surface area contributed by atoms with Crippen LogP contribution in [-0.2, 0) is 21.2 Å². The number of rotatable bonds is 9. The van der Waals surface area contributed by atoms with E-state index in [1.165, 1.54) is 12.1 Å². The summed E-state index contributed by atoms with van der Waals surface area (Å²) in [5, 5.41) is 2.81. The molecule has 1 atom stereocenters. The highest BCUT2D eigenvalue weighted by Gasteiger charge is 2.26. The van der Waals surface area contributed by atoms with Gasteiger partial charge in [-0.25, -0.2) is 8.42 Å². The van der Waals surface area contributed by atoms with Crippen LogP contribution in [0.3, 0.4) is 0 Å². The van der Waals surface area contributed by atoms with Gasteiger partial charge in [-0.1, -0.05) is 64.5 Å². The molecule has 0 aliphatic heterocycles. The smallest absolute Gasteiger partial charge is 0.242 e. The van der Waals surface area contributed by atoms with Gasteiger partial charge in [-0.15, -0.1) is 0 Å². The second-order valence-electron chi connectivity index (χ2n) is 7.75. The molecule has 178 valence electrons. The first-order valence-electron chi connectivity index (χ1n) is 10.8. The molecule has 0 unspecified atom stereocenters. The Bertz CT molecular complexity index is 1360. The zero-order valence-electron chi connectivity index (χ0n) is 18.6.